The summed E-state index contributed by atoms with van der Waals surface area (Å²) in [6, 6.07) is 4.44. The Hall–Kier alpha value is -2.15. The molecular formula is C18H24N2O5. The summed E-state index contributed by atoms with van der Waals surface area (Å²) in [5.41, 5.74) is 0.884. The fourth-order valence-corrected chi connectivity index (χ4v) is 3.35. The lowest BCUT2D eigenvalue weighted by molar-refractivity contribution is -0.384. The van der Waals surface area contributed by atoms with Crippen LogP contribution in [0, 0.1) is 16.0 Å². The van der Waals surface area contributed by atoms with Crippen LogP contribution in [0.5, 0.6) is 0 Å². The minimum Gasteiger partial charge on any atom is -0.459 e. The van der Waals surface area contributed by atoms with E-state index in [2.05, 4.69) is 11.8 Å². The highest BCUT2D eigenvalue weighted by molar-refractivity contribution is 5.96. The topological polar surface area (TPSA) is 81.9 Å². The molecule has 0 spiro atoms. The van der Waals surface area contributed by atoms with Crippen LogP contribution in [-0.2, 0) is 9.47 Å². The number of benzene rings is 1. The predicted octanol–water partition coefficient (Wildman–Crippen LogP) is 3.17. The second kappa shape index (κ2) is 7.82. The van der Waals surface area contributed by atoms with Gasteiger partial charge in [-0.3, -0.25) is 10.1 Å². The standard InChI is InChI=1S/C18H24N2O5/c1-13-6-8-19(9-7-13)17-5-4-14(20(22)23)11-16(17)18(21)25-12-15-3-2-10-24-15/h4-5,11,13,15H,2-3,6-10,12H2,1H3/t15-/m1/s1. The summed E-state index contributed by atoms with van der Waals surface area (Å²) in [6.07, 6.45) is 3.86. The quantitative estimate of drug-likeness (QED) is 0.462. The summed E-state index contributed by atoms with van der Waals surface area (Å²) in [6.45, 7) is 4.77. The molecule has 1 aromatic rings. The summed E-state index contributed by atoms with van der Waals surface area (Å²) in [7, 11) is 0. The number of nitro groups is 1. The van der Waals surface area contributed by atoms with Crippen LogP contribution in [-0.4, -0.2) is 43.3 Å². The Bertz CT molecular complexity index is 634. The number of carbonyl (C=O) groups is 1. The summed E-state index contributed by atoms with van der Waals surface area (Å²) >= 11 is 0. The van der Waals surface area contributed by atoms with E-state index in [4.69, 9.17) is 9.47 Å². The summed E-state index contributed by atoms with van der Waals surface area (Å²) in [5, 5.41) is 11.1. The number of piperidine rings is 1. The maximum Gasteiger partial charge on any atom is 0.340 e. The summed E-state index contributed by atoms with van der Waals surface area (Å²) in [4.78, 5) is 25.3. The van der Waals surface area contributed by atoms with E-state index in [1.165, 1.54) is 12.1 Å². The molecule has 2 saturated heterocycles. The Morgan fingerprint density at radius 1 is 1.36 bits per heavy atom. The normalized spacial score (nSPS) is 21.3. The zero-order chi connectivity index (χ0) is 17.8. The predicted molar refractivity (Wildman–Crippen MR) is 93.0 cm³/mol. The van der Waals surface area contributed by atoms with E-state index in [9.17, 15) is 14.9 Å². The monoisotopic (exact) mass is 348 g/mol. The zero-order valence-corrected chi connectivity index (χ0v) is 14.5. The Balaban J connectivity index is 1.79. The molecule has 2 aliphatic heterocycles. The molecule has 0 amide bonds. The van der Waals surface area contributed by atoms with Gasteiger partial charge in [-0.2, -0.15) is 0 Å². The summed E-state index contributed by atoms with van der Waals surface area (Å²) in [5.74, 6) is 0.136. The molecule has 1 aromatic carbocycles. The van der Waals surface area contributed by atoms with E-state index in [1.54, 1.807) is 6.07 Å². The van der Waals surface area contributed by atoms with Crippen LogP contribution in [0.1, 0.15) is 43.0 Å². The molecule has 3 rings (SSSR count). The molecule has 2 heterocycles. The molecule has 7 nitrogen and oxygen atoms in total. The lowest BCUT2D eigenvalue weighted by Gasteiger charge is -2.33. The van der Waals surface area contributed by atoms with Crippen LogP contribution in [0.15, 0.2) is 18.2 Å². The molecule has 7 heteroatoms. The summed E-state index contributed by atoms with van der Waals surface area (Å²) < 4.78 is 10.8. The SMILES string of the molecule is CC1CCN(c2ccc([N+](=O)[O-])cc2C(=O)OC[C@H]2CCCO2)CC1. The van der Waals surface area contributed by atoms with Crippen molar-refractivity contribution in [3.63, 3.8) is 0 Å². The molecule has 2 aliphatic rings. The van der Waals surface area contributed by atoms with Crippen molar-refractivity contribution in [2.75, 3.05) is 31.2 Å². The molecule has 0 radical (unpaired) electrons. The van der Waals surface area contributed by atoms with Crippen LogP contribution in [0.4, 0.5) is 11.4 Å². The third-order valence-electron chi connectivity index (χ3n) is 4.96. The van der Waals surface area contributed by atoms with Gasteiger partial charge in [-0.1, -0.05) is 6.92 Å². The number of ether oxygens (including phenoxy) is 2. The third kappa shape index (κ3) is 4.28. The van der Waals surface area contributed by atoms with E-state index in [-0.39, 0.29) is 24.0 Å². The van der Waals surface area contributed by atoms with Gasteiger partial charge in [0.2, 0.25) is 0 Å². The molecule has 1 atom stereocenters. The first-order valence-corrected chi connectivity index (χ1v) is 8.86. The fourth-order valence-electron chi connectivity index (χ4n) is 3.35. The van der Waals surface area contributed by atoms with Crippen LogP contribution < -0.4 is 4.90 Å². The zero-order valence-electron chi connectivity index (χ0n) is 14.5. The molecule has 2 fully saturated rings. The number of carbonyl (C=O) groups excluding carboxylic acids is 1. The van der Waals surface area contributed by atoms with E-state index in [1.807, 2.05) is 0 Å². The number of anilines is 1. The lowest BCUT2D eigenvalue weighted by atomic mass is 9.98. The minimum absolute atomic E-state index is 0.0677. The van der Waals surface area contributed by atoms with Gasteiger partial charge in [0.25, 0.3) is 5.69 Å². The number of esters is 1. The van der Waals surface area contributed by atoms with E-state index in [0.717, 1.165) is 44.5 Å². The van der Waals surface area contributed by atoms with Crippen molar-refractivity contribution in [2.45, 2.75) is 38.7 Å². The molecule has 0 aliphatic carbocycles. The van der Waals surface area contributed by atoms with Crippen molar-refractivity contribution < 1.29 is 19.2 Å². The molecule has 25 heavy (non-hydrogen) atoms. The number of nitrogens with zero attached hydrogens (tertiary/aromatic N) is 2. The highest BCUT2D eigenvalue weighted by atomic mass is 16.6. The van der Waals surface area contributed by atoms with Crippen molar-refractivity contribution in [1.82, 2.24) is 0 Å². The molecule has 0 bridgehead atoms. The maximum absolute atomic E-state index is 12.6. The first-order chi connectivity index (χ1) is 12.0. The fraction of sp³-hybridized carbons (Fsp3) is 0.611. The van der Waals surface area contributed by atoms with Crippen LogP contribution in [0.3, 0.4) is 0 Å². The highest BCUT2D eigenvalue weighted by Crippen LogP contribution is 2.30. The Labute approximate surface area is 147 Å². The van der Waals surface area contributed by atoms with Crippen molar-refractivity contribution >= 4 is 17.3 Å². The molecular weight excluding hydrogens is 324 g/mol. The second-order valence-corrected chi connectivity index (χ2v) is 6.86. The molecule has 0 unspecified atom stereocenters. The van der Waals surface area contributed by atoms with Gasteiger partial charge in [-0.25, -0.2) is 4.79 Å². The average molecular weight is 348 g/mol. The van der Waals surface area contributed by atoms with Crippen LogP contribution in [0.2, 0.25) is 0 Å². The van der Waals surface area contributed by atoms with Gasteiger partial charge in [-0.05, 0) is 37.7 Å². The van der Waals surface area contributed by atoms with Gasteiger partial charge in [-0.15, -0.1) is 0 Å². The number of non-ortho nitro benzene ring substituents is 1. The Morgan fingerprint density at radius 2 is 2.12 bits per heavy atom. The number of hydrogen-bond acceptors (Lipinski definition) is 6. The molecule has 136 valence electrons. The van der Waals surface area contributed by atoms with Gasteiger partial charge in [0.15, 0.2) is 0 Å². The van der Waals surface area contributed by atoms with Gasteiger partial charge in [0, 0.05) is 31.8 Å². The second-order valence-electron chi connectivity index (χ2n) is 6.86. The van der Waals surface area contributed by atoms with Crippen molar-refractivity contribution in [3.05, 3.63) is 33.9 Å². The smallest absolute Gasteiger partial charge is 0.340 e. The van der Waals surface area contributed by atoms with Gasteiger partial charge < -0.3 is 14.4 Å². The van der Waals surface area contributed by atoms with E-state index in [0.29, 0.717) is 12.5 Å². The first-order valence-electron chi connectivity index (χ1n) is 8.86. The molecule has 0 saturated carbocycles. The third-order valence-corrected chi connectivity index (χ3v) is 4.96. The maximum atomic E-state index is 12.6. The van der Waals surface area contributed by atoms with E-state index >= 15 is 0 Å². The molecule has 0 aromatic heterocycles. The van der Waals surface area contributed by atoms with Crippen molar-refractivity contribution in [3.8, 4) is 0 Å². The number of nitro benzene ring substituents is 1. The van der Waals surface area contributed by atoms with Crippen molar-refractivity contribution in [2.24, 2.45) is 5.92 Å². The largest absolute Gasteiger partial charge is 0.459 e. The minimum atomic E-state index is -0.521. The van der Waals surface area contributed by atoms with Crippen LogP contribution in [0.25, 0.3) is 0 Å². The highest BCUT2D eigenvalue weighted by Gasteiger charge is 2.25. The number of rotatable bonds is 5. The lowest BCUT2D eigenvalue weighted by Crippen LogP contribution is -2.34. The van der Waals surface area contributed by atoms with Crippen molar-refractivity contribution in [1.29, 1.82) is 0 Å². The molecule has 0 N–H and O–H groups in total. The van der Waals surface area contributed by atoms with Gasteiger partial charge in [0.1, 0.15) is 6.61 Å². The Kier molecular flexibility index (Phi) is 5.53. The Morgan fingerprint density at radius 3 is 2.76 bits per heavy atom. The van der Waals surface area contributed by atoms with Crippen LogP contribution >= 0.6 is 0 Å². The van der Waals surface area contributed by atoms with Gasteiger partial charge >= 0.3 is 5.97 Å². The first kappa shape index (κ1) is 17.7. The van der Waals surface area contributed by atoms with E-state index < -0.39 is 10.9 Å². The van der Waals surface area contributed by atoms with Gasteiger partial charge in [0.05, 0.1) is 22.3 Å². The number of hydrogen-bond donors (Lipinski definition) is 0. The average Bonchev–Trinajstić information content (AvgIpc) is 3.13.